The second-order valence-corrected chi connectivity index (χ2v) is 16.7. The summed E-state index contributed by atoms with van der Waals surface area (Å²) in [6, 6.07) is 12.7. The van der Waals surface area contributed by atoms with E-state index in [0.717, 1.165) is 35.0 Å². The maximum atomic E-state index is 14.7. The average molecular weight is 565 g/mol. The van der Waals surface area contributed by atoms with Crippen LogP contribution in [0.3, 0.4) is 0 Å². The predicted molar refractivity (Wildman–Crippen MR) is 162 cm³/mol. The summed E-state index contributed by atoms with van der Waals surface area (Å²) in [6.45, 7) is 15.2. The number of nitrogens with zero attached hydrogens (tertiary/aromatic N) is 2. The third-order valence-electron chi connectivity index (χ3n) is 5.79. The lowest BCUT2D eigenvalue weighted by atomic mass is 10.0. The van der Waals surface area contributed by atoms with Crippen molar-refractivity contribution in [2.75, 3.05) is 26.8 Å². The highest BCUT2D eigenvalue weighted by Crippen LogP contribution is 2.30. The average Bonchev–Trinajstić information content (AvgIpc) is 2.85. The molecule has 40 heavy (non-hydrogen) atoms. The van der Waals surface area contributed by atoms with E-state index in [2.05, 4.69) is 31.1 Å². The molecule has 1 aromatic heterocycles. The zero-order chi connectivity index (χ0) is 29.5. The van der Waals surface area contributed by atoms with Crippen molar-refractivity contribution in [2.45, 2.75) is 65.8 Å². The lowest BCUT2D eigenvalue weighted by Crippen LogP contribution is -2.36. The third kappa shape index (κ3) is 9.56. The topological polar surface area (TPSA) is 60.9 Å². The number of carbonyl (C=O) groups is 1. The fourth-order valence-electron chi connectivity index (χ4n) is 3.78. The molecular weight excluding hydrogens is 523 g/mol. The van der Waals surface area contributed by atoms with Crippen molar-refractivity contribution in [1.82, 2.24) is 9.88 Å². The summed E-state index contributed by atoms with van der Waals surface area (Å²) >= 11 is 0. The van der Waals surface area contributed by atoms with Gasteiger partial charge >= 0.3 is 6.09 Å². The Kier molecular flexibility index (Phi) is 10.2. The summed E-state index contributed by atoms with van der Waals surface area (Å²) in [5.41, 5.74) is 6.09. The monoisotopic (exact) mass is 564 g/mol. The molecule has 0 saturated heterocycles. The van der Waals surface area contributed by atoms with E-state index in [1.807, 2.05) is 58.0 Å². The summed E-state index contributed by atoms with van der Waals surface area (Å²) < 4.78 is 31.7. The molecule has 0 atom stereocenters. The predicted octanol–water partition coefficient (Wildman–Crippen LogP) is 7.63. The fourth-order valence-corrected chi connectivity index (χ4v) is 4.43. The zero-order valence-electron chi connectivity index (χ0n) is 25.0. The van der Waals surface area contributed by atoms with E-state index in [1.54, 1.807) is 13.1 Å². The van der Waals surface area contributed by atoms with Crippen LogP contribution in [0.4, 0.5) is 9.18 Å². The molecule has 3 rings (SSSR count). The second-order valence-electron chi connectivity index (χ2n) is 11.9. The molecule has 0 aliphatic carbocycles. The number of carbonyl (C=O) groups excluding carboxylic acids is 1. The molecule has 8 heteroatoms. The van der Waals surface area contributed by atoms with E-state index in [1.165, 1.54) is 11.0 Å². The molecule has 0 saturated carbocycles. The number of aromatic nitrogens is 1. The number of ether oxygens (including phenoxy) is 3. The van der Waals surface area contributed by atoms with Gasteiger partial charge in [0.05, 0.1) is 24.4 Å². The van der Waals surface area contributed by atoms with Gasteiger partial charge in [0.1, 0.15) is 26.0 Å². The molecule has 0 N–H and O–H groups in total. The largest absolute Gasteiger partial charge is 0.492 e. The minimum Gasteiger partial charge on any atom is -0.492 e. The normalized spacial score (nSPS) is 11.5. The maximum Gasteiger partial charge on any atom is 0.410 e. The van der Waals surface area contributed by atoms with Gasteiger partial charge in [0.2, 0.25) is 0 Å². The number of halogens is 1. The van der Waals surface area contributed by atoms with Gasteiger partial charge in [0, 0.05) is 30.5 Å². The Morgan fingerprint density at radius 3 is 2.40 bits per heavy atom. The molecule has 0 aliphatic rings. The van der Waals surface area contributed by atoms with Crippen LogP contribution < -0.4 is 9.47 Å². The van der Waals surface area contributed by atoms with E-state index in [9.17, 15) is 9.18 Å². The van der Waals surface area contributed by atoms with Crippen molar-refractivity contribution in [3.8, 4) is 34.2 Å². The lowest BCUT2D eigenvalue weighted by molar-refractivity contribution is 0.0278. The number of aryl methyl sites for hydroxylation is 1. The first-order valence-corrected chi connectivity index (χ1v) is 17.1. The van der Waals surface area contributed by atoms with Crippen molar-refractivity contribution in [3.05, 3.63) is 53.8 Å². The van der Waals surface area contributed by atoms with Crippen molar-refractivity contribution >= 4 is 25.1 Å². The summed E-state index contributed by atoms with van der Waals surface area (Å²) in [4.78, 5) is 18.4. The van der Waals surface area contributed by atoms with Gasteiger partial charge in [-0.1, -0.05) is 19.6 Å². The highest BCUT2D eigenvalue weighted by Gasteiger charge is 2.19. The lowest BCUT2D eigenvalue weighted by Gasteiger charge is -2.24. The minimum atomic E-state index is -1.38. The van der Waals surface area contributed by atoms with Gasteiger partial charge in [-0.2, -0.15) is 0 Å². The molecule has 0 radical (unpaired) electrons. The van der Waals surface area contributed by atoms with Crippen LogP contribution in [0.25, 0.3) is 22.2 Å². The summed E-state index contributed by atoms with van der Waals surface area (Å²) in [5.74, 6) is 3.71. The number of pyridine rings is 1. The number of hydrogen-bond acceptors (Lipinski definition) is 5. The Morgan fingerprint density at radius 1 is 1.05 bits per heavy atom. The Hall–Kier alpha value is -3.57. The second kappa shape index (κ2) is 13.2. The van der Waals surface area contributed by atoms with E-state index >= 15 is 0 Å². The number of hydrogen-bond donors (Lipinski definition) is 0. The van der Waals surface area contributed by atoms with Crippen LogP contribution in [0.1, 0.15) is 39.2 Å². The van der Waals surface area contributed by atoms with E-state index in [4.69, 9.17) is 19.2 Å². The standard InChI is InChI=1S/C32H41FN2O4Si/c1-23-20-28(24-12-14-25(15-13-24)37-18-16-35(5)31(36)39-32(2,3)4)34-29-22-30(27(33)21-26(23)29)38-17-10-9-11-19-40(6,7)8/h12-15,20-22H,9-10,16-18H2,1-8H3. The number of amides is 1. The highest BCUT2D eigenvalue weighted by atomic mass is 28.3. The number of benzene rings is 2. The Bertz CT molecular complexity index is 1380. The number of likely N-dealkylation sites (N-methyl/N-ethyl adjacent to an activating group) is 1. The summed E-state index contributed by atoms with van der Waals surface area (Å²) in [7, 11) is 0.303. The fraction of sp³-hybridized carbons (Fsp3) is 0.438. The van der Waals surface area contributed by atoms with Crippen LogP contribution in [0.5, 0.6) is 11.5 Å². The van der Waals surface area contributed by atoms with Gasteiger partial charge in [-0.15, -0.1) is 11.5 Å². The van der Waals surface area contributed by atoms with Crippen molar-refractivity contribution in [3.63, 3.8) is 0 Å². The molecule has 0 spiro atoms. The van der Waals surface area contributed by atoms with Gasteiger partial charge < -0.3 is 19.1 Å². The van der Waals surface area contributed by atoms with Crippen molar-refractivity contribution in [1.29, 1.82) is 0 Å². The zero-order valence-corrected chi connectivity index (χ0v) is 26.0. The smallest absolute Gasteiger partial charge is 0.410 e. The van der Waals surface area contributed by atoms with E-state index < -0.39 is 19.5 Å². The van der Waals surface area contributed by atoms with Crippen LogP contribution in [0.2, 0.25) is 19.6 Å². The van der Waals surface area contributed by atoms with Crippen LogP contribution in [0.15, 0.2) is 42.5 Å². The maximum absolute atomic E-state index is 14.7. The minimum absolute atomic E-state index is 0.204. The first kappa shape index (κ1) is 31.0. The molecule has 0 aliphatic heterocycles. The Morgan fingerprint density at radius 2 is 1.75 bits per heavy atom. The number of rotatable bonds is 9. The van der Waals surface area contributed by atoms with E-state index in [0.29, 0.717) is 31.0 Å². The van der Waals surface area contributed by atoms with E-state index in [-0.39, 0.29) is 11.8 Å². The first-order chi connectivity index (χ1) is 18.7. The highest BCUT2D eigenvalue weighted by molar-refractivity contribution is 6.83. The Labute approximate surface area is 238 Å². The van der Waals surface area contributed by atoms with Crippen LogP contribution in [0, 0.1) is 24.2 Å². The van der Waals surface area contributed by atoms with Crippen LogP contribution in [-0.4, -0.2) is 56.5 Å². The van der Waals surface area contributed by atoms with Gasteiger partial charge in [-0.25, -0.2) is 14.2 Å². The van der Waals surface area contributed by atoms with Crippen LogP contribution >= 0.6 is 0 Å². The van der Waals surface area contributed by atoms with Gasteiger partial charge in [-0.05, 0) is 76.1 Å². The molecule has 0 fully saturated rings. The van der Waals surface area contributed by atoms with Crippen LogP contribution in [-0.2, 0) is 4.74 Å². The van der Waals surface area contributed by atoms with Gasteiger partial charge in [0.25, 0.3) is 0 Å². The molecule has 1 amide bonds. The molecule has 3 aromatic rings. The SMILES string of the molecule is Cc1cc(-c2ccc(OCCN(C)C(=O)OC(C)(C)C)cc2)nc2cc(OCCCC#C[Si](C)(C)C)c(F)cc12. The third-order valence-corrected chi connectivity index (χ3v) is 6.71. The molecule has 6 nitrogen and oxygen atoms in total. The Balaban J connectivity index is 1.64. The molecule has 0 unspecified atom stereocenters. The van der Waals surface area contributed by atoms with Gasteiger partial charge in [0.15, 0.2) is 11.6 Å². The van der Waals surface area contributed by atoms with Crippen molar-refractivity contribution < 1.29 is 23.4 Å². The molecule has 0 bridgehead atoms. The summed E-state index contributed by atoms with van der Waals surface area (Å²) in [5, 5.41) is 0.753. The summed E-state index contributed by atoms with van der Waals surface area (Å²) in [6.07, 6.45) is 1.10. The first-order valence-electron chi connectivity index (χ1n) is 13.6. The number of fused-ring (bicyclic) bond motifs is 1. The van der Waals surface area contributed by atoms with Gasteiger partial charge in [-0.3, -0.25) is 0 Å². The molecule has 2 aromatic carbocycles. The molecule has 214 valence electrons. The molecule has 1 heterocycles. The van der Waals surface area contributed by atoms with Crippen molar-refractivity contribution in [2.24, 2.45) is 0 Å². The number of unbranched alkanes of at least 4 members (excludes halogenated alkanes) is 1. The quantitative estimate of drug-likeness (QED) is 0.152. The molecular formula is C32H41FN2O4Si.